The van der Waals surface area contributed by atoms with E-state index in [4.69, 9.17) is 10.2 Å². The third-order valence-electron chi connectivity index (χ3n) is 4.69. The highest BCUT2D eigenvalue weighted by Crippen LogP contribution is 2.47. The topological polar surface area (TPSA) is 86.6 Å². The number of carbonyl (C=O) groups is 2. The molecule has 0 saturated heterocycles. The second kappa shape index (κ2) is 6.53. The highest BCUT2D eigenvalue weighted by molar-refractivity contribution is 5.89. The minimum atomic E-state index is -1.26. The molecule has 2 aromatic carbocycles. The van der Waals surface area contributed by atoms with Gasteiger partial charge in [-0.1, -0.05) is 48.5 Å². The van der Waals surface area contributed by atoms with Crippen LogP contribution in [0.15, 0.2) is 60.7 Å². The SMILES string of the molecule is C[C@]12NC(Cc3ccccc31)c1ccccc12.O=C(O)C=CC(=O)O. The zero-order chi connectivity index (χ0) is 18.0. The van der Waals surface area contributed by atoms with Crippen LogP contribution < -0.4 is 5.32 Å². The number of carboxylic acids is 2. The van der Waals surface area contributed by atoms with Gasteiger partial charge < -0.3 is 10.2 Å². The van der Waals surface area contributed by atoms with Gasteiger partial charge >= 0.3 is 11.9 Å². The summed E-state index contributed by atoms with van der Waals surface area (Å²) in [5.74, 6) is -2.51. The molecule has 2 aliphatic rings. The molecule has 2 aromatic rings. The molecule has 2 bridgehead atoms. The van der Waals surface area contributed by atoms with Crippen LogP contribution in [0.5, 0.6) is 0 Å². The summed E-state index contributed by atoms with van der Waals surface area (Å²) in [7, 11) is 0. The fourth-order valence-electron chi connectivity index (χ4n) is 3.69. The van der Waals surface area contributed by atoms with Gasteiger partial charge in [0.2, 0.25) is 0 Å². The van der Waals surface area contributed by atoms with Crippen LogP contribution in [-0.4, -0.2) is 22.2 Å². The van der Waals surface area contributed by atoms with Crippen LogP contribution in [0.4, 0.5) is 0 Å². The van der Waals surface area contributed by atoms with Crippen molar-refractivity contribution in [1.29, 1.82) is 0 Å². The first-order chi connectivity index (χ1) is 11.9. The third-order valence-corrected chi connectivity index (χ3v) is 4.69. The lowest BCUT2D eigenvalue weighted by Gasteiger charge is -2.34. The van der Waals surface area contributed by atoms with Crippen molar-refractivity contribution >= 4 is 11.9 Å². The Bertz CT molecular complexity index is 829. The van der Waals surface area contributed by atoms with E-state index in [1.54, 1.807) is 0 Å². The minimum absolute atomic E-state index is 0.0100. The largest absolute Gasteiger partial charge is 0.478 e. The van der Waals surface area contributed by atoms with Crippen LogP contribution in [-0.2, 0) is 21.5 Å². The Hall–Kier alpha value is -2.92. The van der Waals surface area contributed by atoms with E-state index in [2.05, 4.69) is 60.8 Å². The Morgan fingerprint density at radius 3 is 2.20 bits per heavy atom. The van der Waals surface area contributed by atoms with E-state index < -0.39 is 11.9 Å². The molecule has 128 valence electrons. The van der Waals surface area contributed by atoms with Gasteiger partial charge in [0.05, 0.1) is 5.54 Å². The monoisotopic (exact) mass is 337 g/mol. The second-order valence-electron chi connectivity index (χ2n) is 6.28. The molecule has 5 nitrogen and oxygen atoms in total. The van der Waals surface area contributed by atoms with E-state index in [0.29, 0.717) is 18.2 Å². The van der Waals surface area contributed by atoms with Crippen LogP contribution in [0.3, 0.4) is 0 Å². The van der Waals surface area contributed by atoms with Gasteiger partial charge in [0.1, 0.15) is 0 Å². The molecule has 0 aromatic heterocycles. The Morgan fingerprint density at radius 2 is 1.56 bits per heavy atom. The lowest BCUT2D eigenvalue weighted by atomic mass is 9.82. The summed E-state index contributed by atoms with van der Waals surface area (Å²) in [5, 5.41) is 19.4. The minimum Gasteiger partial charge on any atom is -0.478 e. The fraction of sp³-hybridized carbons (Fsp3) is 0.200. The Morgan fingerprint density at radius 1 is 1.00 bits per heavy atom. The molecule has 3 N–H and O–H groups in total. The maximum absolute atomic E-state index is 9.55. The van der Waals surface area contributed by atoms with Crippen LogP contribution in [0.2, 0.25) is 0 Å². The maximum atomic E-state index is 9.55. The van der Waals surface area contributed by atoms with Gasteiger partial charge in [0.15, 0.2) is 0 Å². The molecule has 0 saturated carbocycles. The Labute approximate surface area is 145 Å². The van der Waals surface area contributed by atoms with E-state index >= 15 is 0 Å². The molecular formula is C20H19NO4. The van der Waals surface area contributed by atoms with E-state index in [1.807, 2.05) is 0 Å². The number of nitrogens with one attached hydrogen (secondary N) is 1. The van der Waals surface area contributed by atoms with Gasteiger partial charge in [0, 0.05) is 18.2 Å². The van der Waals surface area contributed by atoms with Crippen molar-refractivity contribution in [3.05, 3.63) is 82.9 Å². The van der Waals surface area contributed by atoms with Crippen LogP contribution in [0.1, 0.15) is 35.2 Å². The number of hydrogen-bond donors (Lipinski definition) is 3. The highest BCUT2D eigenvalue weighted by atomic mass is 16.4. The zero-order valence-corrected chi connectivity index (χ0v) is 13.8. The van der Waals surface area contributed by atoms with Crippen LogP contribution >= 0.6 is 0 Å². The standard InChI is InChI=1S/C16H15N.C4H4O4/c1-16-13-8-4-2-6-11(13)10-15(17-16)12-7-3-5-9-14(12)16;5-3(6)1-2-4(7)8/h2-9,15,17H,10H2,1H3;1-2H,(H,5,6)(H,7,8)/t15?,16-;/m0./s1. The van der Waals surface area contributed by atoms with Gasteiger partial charge in [-0.25, -0.2) is 9.59 Å². The number of rotatable bonds is 2. The highest BCUT2D eigenvalue weighted by Gasteiger charge is 2.45. The van der Waals surface area contributed by atoms with Gasteiger partial charge in [-0.3, -0.25) is 5.32 Å². The number of carboxylic acid groups (broad SMARTS) is 2. The molecule has 2 heterocycles. The molecule has 0 spiro atoms. The number of aliphatic carboxylic acids is 2. The molecule has 0 aliphatic carbocycles. The molecule has 25 heavy (non-hydrogen) atoms. The van der Waals surface area contributed by atoms with Crippen molar-refractivity contribution in [1.82, 2.24) is 5.32 Å². The quantitative estimate of drug-likeness (QED) is 0.734. The van der Waals surface area contributed by atoms with Crippen molar-refractivity contribution < 1.29 is 19.8 Å². The number of hydrogen-bond acceptors (Lipinski definition) is 3. The number of fused-ring (bicyclic) bond motifs is 7. The predicted molar refractivity (Wildman–Crippen MR) is 93.3 cm³/mol. The summed E-state index contributed by atoms with van der Waals surface area (Å²) < 4.78 is 0. The first-order valence-corrected chi connectivity index (χ1v) is 8.01. The van der Waals surface area contributed by atoms with E-state index in [-0.39, 0.29) is 5.54 Å². The average molecular weight is 337 g/mol. The summed E-state index contributed by atoms with van der Waals surface area (Å²) in [6.07, 6.45) is 2.23. The Balaban J connectivity index is 0.000000197. The lowest BCUT2D eigenvalue weighted by molar-refractivity contribution is -0.134. The molecule has 0 amide bonds. The molecular weight excluding hydrogens is 318 g/mol. The summed E-state index contributed by atoms with van der Waals surface area (Å²) in [5.41, 5.74) is 5.88. The molecule has 4 rings (SSSR count). The summed E-state index contributed by atoms with van der Waals surface area (Å²) in [6.45, 7) is 2.31. The zero-order valence-electron chi connectivity index (χ0n) is 13.8. The van der Waals surface area contributed by atoms with Crippen LogP contribution in [0, 0.1) is 0 Å². The normalized spacial score (nSPS) is 22.5. The van der Waals surface area contributed by atoms with Gasteiger partial charge in [0.25, 0.3) is 0 Å². The van der Waals surface area contributed by atoms with E-state index in [9.17, 15) is 9.59 Å². The predicted octanol–water partition coefficient (Wildman–Crippen LogP) is 2.86. The van der Waals surface area contributed by atoms with Crippen molar-refractivity contribution in [3.8, 4) is 0 Å². The first-order valence-electron chi connectivity index (χ1n) is 8.01. The number of benzene rings is 2. The maximum Gasteiger partial charge on any atom is 0.328 e. The molecule has 1 unspecified atom stereocenters. The first kappa shape index (κ1) is 16.9. The van der Waals surface area contributed by atoms with Gasteiger partial charge in [-0.05, 0) is 35.6 Å². The lowest BCUT2D eigenvalue weighted by Crippen LogP contribution is -2.41. The third kappa shape index (κ3) is 3.19. The molecule has 0 fully saturated rings. The molecule has 2 atom stereocenters. The average Bonchev–Trinajstić information content (AvgIpc) is 2.83. The fourth-order valence-corrected chi connectivity index (χ4v) is 3.69. The Kier molecular flexibility index (Phi) is 4.42. The van der Waals surface area contributed by atoms with Gasteiger partial charge in [-0.15, -0.1) is 0 Å². The molecule has 0 radical (unpaired) electrons. The summed E-state index contributed by atoms with van der Waals surface area (Å²) in [4.78, 5) is 19.1. The van der Waals surface area contributed by atoms with Gasteiger partial charge in [-0.2, -0.15) is 0 Å². The van der Waals surface area contributed by atoms with E-state index in [0.717, 1.165) is 6.42 Å². The van der Waals surface area contributed by atoms with Crippen molar-refractivity contribution in [2.45, 2.75) is 24.9 Å². The van der Waals surface area contributed by atoms with Crippen LogP contribution in [0.25, 0.3) is 0 Å². The summed E-state index contributed by atoms with van der Waals surface area (Å²) in [6, 6.07) is 18.2. The van der Waals surface area contributed by atoms with Crippen molar-refractivity contribution in [2.24, 2.45) is 0 Å². The van der Waals surface area contributed by atoms with Crippen molar-refractivity contribution in [2.75, 3.05) is 0 Å². The molecule has 2 aliphatic heterocycles. The van der Waals surface area contributed by atoms with E-state index in [1.165, 1.54) is 22.3 Å². The van der Waals surface area contributed by atoms with Crippen molar-refractivity contribution in [3.63, 3.8) is 0 Å². The smallest absolute Gasteiger partial charge is 0.328 e. The summed E-state index contributed by atoms with van der Waals surface area (Å²) >= 11 is 0. The molecule has 5 heteroatoms. The second-order valence-corrected chi connectivity index (χ2v) is 6.28.